The smallest absolute Gasteiger partial charge is 0.0670 e. The molecular formula is C27H22Br2. The van der Waals surface area contributed by atoms with Gasteiger partial charge in [-0.1, -0.05) is 98.6 Å². The summed E-state index contributed by atoms with van der Waals surface area (Å²) in [6.07, 6.45) is 10.4. The molecule has 0 aromatic heterocycles. The molecule has 2 heteroatoms. The van der Waals surface area contributed by atoms with Crippen LogP contribution in [0.15, 0.2) is 106 Å². The predicted molar refractivity (Wildman–Crippen MR) is 128 cm³/mol. The molecule has 3 aromatic rings. The van der Waals surface area contributed by atoms with Crippen LogP contribution in [0.25, 0.3) is 0 Å². The zero-order valence-corrected chi connectivity index (χ0v) is 19.3. The lowest BCUT2D eigenvalue weighted by Crippen LogP contribution is -2.35. The Labute approximate surface area is 189 Å². The molecule has 0 heterocycles. The highest BCUT2D eigenvalue weighted by atomic mass is 79.9. The van der Waals surface area contributed by atoms with Crippen molar-refractivity contribution in [1.29, 1.82) is 0 Å². The van der Waals surface area contributed by atoms with Crippen LogP contribution in [0.5, 0.6) is 0 Å². The Morgan fingerprint density at radius 1 is 0.759 bits per heavy atom. The second-order valence-corrected chi connectivity index (χ2v) is 9.77. The first-order valence-electron chi connectivity index (χ1n) is 10.2. The van der Waals surface area contributed by atoms with Crippen LogP contribution in [0.1, 0.15) is 35.1 Å². The highest BCUT2D eigenvalue weighted by Gasteiger charge is 2.45. The van der Waals surface area contributed by atoms with Crippen molar-refractivity contribution in [3.8, 4) is 0 Å². The molecule has 0 aliphatic heterocycles. The highest BCUT2D eigenvalue weighted by molar-refractivity contribution is 9.10. The summed E-state index contributed by atoms with van der Waals surface area (Å²) < 4.78 is 2.23. The molecule has 3 aromatic carbocycles. The molecule has 0 radical (unpaired) electrons. The van der Waals surface area contributed by atoms with E-state index in [1.807, 2.05) is 0 Å². The molecule has 29 heavy (non-hydrogen) atoms. The average molecular weight is 506 g/mol. The standard InChI is InChI=1S/C27H22Br2/c28-23-15-11-21(12-16-23)27(22-13-17-24(29)18-14-22)25-7-3-1-5-19(25)9-10-20-6-2-4-8-26(20)27/h1-5,7-8,11-18,20H,6,9-10H2. The Balaban J connectivity index is 1.92. The number of rotatable bonds is 2. The molecular weight excluding hydrogens is 484 g/mol. The van der Waals surface area contributed by atoms with Crippen molar-refractivity contribution in [3.63, 3.8) is 0 Å². The number of hydrogen-bond donors (Lipinski definition) is 0. The Kier molecular flexibility index (Phi) is 5.09. The third kappa shape index (κ3) is 3.17. The van der Waals surface area contributed by atoms with E-state index in [1.165, 1.54) is 34.2 Å². The zero-order chi connectivity index (χ0) is 19.8. The van der Waals surface area contributed by atoms with Crippen molar-refractivity contribution in [3.05, 3.63) is 128 Å². The minimum Gasteiger partial charge on any atom is -0.0839 e. The first-order chi connectivity index (χ1) is 14.2. The van der Waals surface area contributed by atoms with Gasteiger partial charge < -0.3 is 0 Å². The molecule has 1 unspecified atom stereocenters. The summed E-state index contributed by atoms with van der Waals surface area (Å²) in [5.74, 6) is 0.555. The van der Waals surface area contributed by atoms with Gasteiger partial charge in [-0.05, 0) is 77.3 Å². The maximum Gasteiger partial charge on any atom is 0.0670 e. The Morgan fingerprint density at radius 2 is 1.38 bits per heavy atom. The maximum absolute atomic E-state index is 3.64. The van der Waals surface area contributed by atoms with Crippen LogP contribution in [-0.2, 0) is 11.8 Å². The van der Waals surface area contributed by atoms with Crippen molar-refractivity contribution >= 4 is 31.9 Å². The molecule has 0 saturated heterocycles. The summed E-state index contributed by atoms with van der Waals surface area (Å²) in [5.41, 5.74) is 6.81. The summed E-state index contributed by atoms with van der Waals surface area (Å²) in [5, 5.41) is 0. The predicted octanol–water partition coefficient (Wildman–Crippen LogP) is 7.99. The van der Waals surface area contributed by atoms with E-state index in [4.69, 9.17) is 0 Å². The van der Waals surface area contributed by atoms with Crippen LogP contribution in [0.2, 0.25) is 0 Å². The fourth-order valence-electron chi connectivity index (χ4n) is 5.18. The second kappa shape index (κ2) is 7.74. The molecule has 0 fully saturated rings. The lowest BCUT2D eigenvalue weighted by molar-refractivity contribution is 0.518. The van der Waals surface area contributed by atoms with Gasteiger partial charge >= 0.3 is 0 Å². The summed E-state index contributed by atoms with van der Waals surface area (Å²) in [6, 6.07) is 27.0. The van der Waals surface area contributed by atoms with E-state index in [9.17, 15) is 0 Å². The van der Waals surface area contributed by atoms with Gasteiger partial charge in [-0.15, -0.1) is 0 Å². The Bertz CT molecular complexity index is 1040. The van der Waals surface area contributed by atoms with Crippen molar-refractivity contribution in [1.82, 2.24) is 0 Å². The van der Waals surface area contributed by atoms with E-state index in [-0.39, 0.29) is 5.41 Å². The molecule has 0 bridgehead atoms. The number of halogens is 2. The van der Waals surface area contributed by atoms with Crippen LogP contribution in [-0.4, -0.2) is 0 Å². The lowest BCUT2D eigenvalue weighted by Gasteiger charge is -2.41. The van der Waals surface area contributed by atoms with E-state index in [2.05, 4.69) is 123 Å². The van der Waals surface area contributed by atoms with Crippen LogP contribution in [0.4, 0.5) is 0 Å². The van der Waals surface area contributed by atoms with Crippen molar-refractivity contribution < 1.29 is 0 Å². The molecule has 144 valence electrons. The van der Waals surface area contributed by atoms with Gasteiger partial charge in [0.25, 0.3) is 0 Å². The van der Waals surface area contributed by atoms with Crippen LogP contribution >= 0.6 is 31.9 Å². The molecule has 0 saturated carbocycles. The largest absolute Gasteiger partial charge is 0.0839 e. The number of benzene rings is 3. The van der Waals surface area contributed by atoms with Gasteiger partial charge in [0.1, 0.15) is 0 Å². The van der Waals surface area contributed by atoms with E-state index in [1.54, 1.807) is 0 Å². The van der Waals surface area contributed by atoms with E-state index < -0.39 is 0 Å². The number of fused-ring (bicyclic) bond motifs is 2. The Hall–Kier alpha value is -1.90. The third-order valence-electron chi connectivity index (χ3n) is 6.44. The van der Waals surface area contributed by atoms with Crippen molar-refractivity contribution in [2.75, 3.05) is 0 Å². The third-order valence-corrected chi connectivity index (χ3v) is 7.50. The molecule has 2 aliphatic carbocycles. The van der Waals surface area contributed by atoms with Gasteiger partial charge in [-0.25, -0.2) is 0 Å². The highest BCUT2D eigenvalue weighted by Crippen LogP contribution is 2.53. The van der Waals surface area contributed by atoms with Gasteiger partial charge in [0.2, 0.25) is 0 Å². The van der Waals surface area contributed by atoms with Gasteiger partial charge in [-0.3, -0.25) is 0 Å². The second-order valence-electron chi connectivity index (χ2n) is 7.94. The number of allylic oxidation sites excluding steroid dienone is 4. The Morgan fingerprint density at radius 3 is 2.03 bits per heavy atom. The van der Waals surface area contributed by atoms with Crippen LogP contribution in [0.3, 0.4) is 0 Å². The SMILES string of the molecule is Brc1ccc(C2(c3ccc(Br)cc3)C3=CC=CCC3CCc3ccccc32)cc1. The normalized spacial score (nSPS) is 19.7. The van der Waals surface area contributed by atoms with Crippen molar-refractivity contribution in [2.24, 2.45) is 5.92 Å². The topological polar surface area (TPSA) is 0 Å². The minimum absolute atomic E-state index is 0.274. The number of aryl methyl sites for hydroxylation is 1. The monoisotopic (exact) mass is 504 g/mol. The van der Waals surface area contributed by atoms with E-state index in [0.29, 0.717) is 5.92 Å². The fraction of sp³-hybridized carbons (Fsp3) is 0.185. The van der Waals surface area contributed by atoms with E-state index in [0.717, 1.165) is 21.8 Å². The number of hydrogen-bond acceptors (Lipinski definition) is 0. The summed E-state index contributed by atoms with van der Waals surface area (Å²) >= 11 is 7.27. The lowest BCUT2D eigenvalue weighted by atomic mass is 9.61. The van der Waals surface area contributed by atoms with E-state index >= 15 is 0 Å². The minimum atomic E-state index is -0.274. The molecule has 1 atom stereocenters. The summed E-state index contributed by atoms with van der Waals surface area (Å²) in [4.78, 5) is 0. The molecule has 0 amide bonds. The van der Waals surface area contributed by atoms with Gasteiger partial charge in [0.15, 0.2) is 0 Å². The molecule has 2 aliphatic rings. The van der Waals surface area contributed by atoms with Gasteiger partial charge in [0, 0.05) is 8.95 Å². The molecule has 5 rings (SSSR count). The zero-order valence-electron chi connectivity index (χ0n) is 16.1. The fourth-order valence-corrected chi connectivity index (χ4v) is 5.71. The molecule has 0 N–H and O–H groups in total. The first-order valence-corrected chi connectivity index (χ1v) is 11.8. The van der Waals surface area contributed by atoms with Gasteiger partial charge in [0.05, 0.1) is 5.41 Å². The summed E-state index contributed by atoms with van der Waals surface area (Å²) in [7, 11) is 0. The maximum atomic E-state index is 3.64. The first kappa shape index (κ1) is 19.1. The summed E-state index contributed by atoms with van der Waals surface area (Å²) in [6.45, 7) is 0. The van der Waals surface area contributed by atoms with Gasteiger partial charge in [-0.2, -0.15) is 0 Å². The quantitative estimate of drug-likeness (QED) is 0.331. The van der Waals surface area contributed by atoms with Crippen LogP contribution < -0.4 is 0 Å². The van der Waals surface area contributed by atoms with Crippen molar-refractivity contribution in [2.45, 2.75) is 24.7 Å². The molecule has 0 nitrogen and oxygen atoms in total. The molecule has 0 spiro atoms. The van der Waals surface area contributed by atoms with Crippen LogP contribution in [0, 0.1) is 5.92 Å². The average Bonchev–Trinajstić information content (AvgIpc) is 2.91.